The molecule has 0 amide bonds. The number of halogens is 3. The molecule has 2 unspecified atom stereocenters. The van der Waals surface area contributed by atoms with Gasteiger partial charge in [0.15, 0.2) is 0 Å². The van der Waals surface area contributed by atoms with E-state index in [1.54, 1.807) is 0 Å². The van der Waals surface area contributed by atoms with E-state index in [0.717, 1.165) is 0 Å². The number of alkyl halides is 3. The van der Waals surface area contributed by atoms with Gasteiger partial charge in [-0.1, -0.05) is 13.8 Å². The molecule has 1 aliphatic heterocycles. The third-order valence-corrected chi connectivity index (χ3v) is 2.03. The van der Waals surface area contributed by atoms with Crippen LogP contribution in [0.4, 0.5) is 13.2 Å². The highest BCUT2D eigenvalue weighted by Crippen LogP contribution is 2.35. The lowest BCUT2D eigenvalue weighted by molar-refractivity contribution is -0.218. The summed E-state index contributed by atoms with van der Waals surface area (Å²) in [7, 11) is 0. The Morgan fingerprint density at radius 2 is 1.77 bits per heavy atom. The van der Waals surface area contributed by atoms with Crippen LogP contribution in [0.1, 0.15) is 33.6 Å². The standard InChI is InChI=1S/C7H11F3O.C2H6/c1-5-6(7(8,9)10)3-2-4-11-5;1-2/h5-6H,2-4H2,1H3;1-2H3. The Hall–Kier alpha value is -0.250. The van der Waals surface area contributed by atoms with Gasteiger partial charge in [0, 0.05) is 6.61 Å². The summed E-state index contributed by atoms with van der Waals surface area (Å²) in [6.07, 6.45) is -4.01. The van der Waals surface area contributed by atoms with Crippen molar-refractivity contribution >= 4 is 0 Å². The van der Waals surface area contributed by atoms with Crippen molar-refractivity contribution in [2.45, 2.75) is 45.9 Å². The molecule has 2 atom stereocenters. The van der Waals surface area contributed by atoms with Gasteiger partial charge in [0.2, 0.25) is 0 Å². The summed E-state index contributed by atoms with van der Waals surface area (Å²) in [6, 6.07) is 0. The van der Waals surface area contributed by atoms with Crippen molar-refractivity contribution < 1.29 is 17.9 Å². The molecule has 0 saturated carbocycles. The summed E-state index contributed by atoms with van der Waals surface area (Å²) in [5.74, 6) is -1.25. The van der Waals surface area contributed by atoms with E-state index in [0.29, 0.717) is 13.0 Å². The third kappa shape index (κ3) is 3.98. The molecule has 0 aliphatic carbocycles. The maximum atomic E-state index is 12.1. The van der Waals surface area contributed by atoms with E-state index in [4.69, 9.17) is 4.74 Å². The van der Waals surface area contributed by atoms with Crippen LogP contribution in [0.2, 0.25) is 0 Å². The maximum absolute atomic E-state index is 12.1. The number of ether oxygens (including phenoxy) is 1. The van der Waals surface area contributed by atoms with Crippen molar-refractivity contribution in [2.24, 2.45) is 5.92 Å². The average molecular weight is 198 g/mol. The van der Waals surface area contributed by atoms with E-state index in [-0.39, 0.29) is 6.42 Å². The number of hydrogen-bond acceptors (Lipinski definition) is 1. The minimum atomic E-state index is -4.08. The zero-order valence-electron chi connectivity index (χ0n) is 8.32. The second-order valence-electron chi connectivity index (χ2n) is 2.87. The van der Waals surface area contributed by atoms with Crippen LogP contribution in [0, 0.1) is 5.92 Å². The van der Waals surface area contributed by atoms with E-state index in [1.807, 2.05) is 13.8 Å². The lowest BCUT2D eigenvalue weighted by Crippen LogP contribution is -2.37. The zero-order valence-corrected chi connectivity index (χ0v) is 8.32. The molecule has 1 fully saturated rings. The van der Waals surface area contributed by atoms with Gasteiger partial charge in [-0.15, -0.1) is 0 Å². The van der Waals surface area contributed by atoms with E-state index in [2.05, 4.69) is 0 Å². The minimum absolute atomic E-state index is 0.213. The van der Waals surface area contributed by atoms with Crippen molar-refractivity contribution in [1.29, 1.82) is 0 Å². The Labute approximate surface area is 77.3 Å². The van der Waals surface area contributed by atoms with Crippen LogP contribution in [0.15, 0.2) is 0 Å². The van der Waals surface area contributed by atoms with Gasteiger partial charge < -0.3 is 4.74 Å². The zero-order chi connectivity index (χ0) is 10.5. The summed E-state index contributed by atoms with van der Waals surface area (Å²) < 4.78 is 41.2. The molecule has 0 radical (unpaired) electrons. The summed E-state index contributed by atoms with van der Waals surface area (Å²) >= 11 is 0. The molecule has 13 heavy (non-hydrogen) atoms. The van der Waals surface area contributed by atoms with Crippen LogP contribution in [-0.4, -0.2) is 18.9 Å². The first-order chi connectivity index (χ1) is 6.02. The molecule has 80 valence electrons. The Morgan fingerprint density at radius 1 is 1.23 bits per heavy atom. The highest BCUT2D eigenvalue weighted by molar-refractivity contribution is 4.76. The molecule has 0 N–H and O–H groups in total. The van der Waals surface area contributed by atoms with E-state index in [9.17, 15) is 13.2 Å². The van der Waals surface area contributed by atoms with Crippen molar-refractivity contribution in [3.8, 4) is 0 Å². The first-order valence-electron chi connectivity index (χ1n) is 4.70. The predicted molar refractivity (Wildman–Crippen MR) is 45.5 cm³/mol. The maximum Gasteiger partial charge on any atom is 0.394 e. The Morgan fingerprint density at radius 3 is 2.08 bits per heavy atom. The fourth-order valence-corrected chi connectivity index (χ4v) is 1.35. The van der Waals surface area contributed by atoms with Gasteiger partial charge in [-0.05, 0) is 19.8 Å². The van der Waals surface area contributed by atoms with Crippen LogP contribution < -0.4 is 0 Å². The monoisotopic (exact) mass is 198 g/mol. The molecule has 0 aromatic rings. The number of hydrogen-bond donors (Lipinski definition) is 0. The molecule has 1 heterocycles. The lowest BCUT2D eigenvalue weighted by atomic mass is 9.95. The van der Waals surface area contributed by atoms with Crippen LogP contribution in [0.3, 0.4) is 0 Å². The molecular formula is C9H17F3O. The summed E-state index contributed by atoms with van der Waals surface area (Å²) in [6.45, 7) is 5.95. The highest BCUT2D eigenvalue weighted by Gasteiger charge is 2.44. The van der Waals surface area contributed by atoms with Crippen molar-refractivity contribution in [1.82, 2.24) is 0 Å². The highest BCUT2D eigenvalue weighted by atomic mass is 19.4. The molecular weight excluding hydrogens is 181 g/mol. The Balaban J connectivity index is 0.000000671. The minimum Gasteiger partial charge on any atom is -0.378 e. The Bertz CT molecular complexity index is 133. The smallest absolute Gasteiger partial charge is 0.378 e. The second-order valence-corrected chi connectivity index (χ2v) is 2.87. The molecule has 0 spiro atoms. The summed E-state index contributed by atoms with van der Waals surface area (Å²) in [5.41, 5.74) is 0. The lowest BCUT2D eigenvalue weighted by Gasteiger charge is -2.30. The van der Waals surface area contributed by atoms with Gasteiger partial charge >= 0.3 is 6.18 Å². The summed E-state index contributed by atoms with van der Waals surface area (Å²) in [5, 5.41) is 0. The van der Waals surface area contributed by atoms with E-state index < -0.39 is 18.2 Å². The van der Waals surface area contributed by atoms with Gasteiger partial charge in [0.05, 0.1) is 12.0 Å². The van der Waals surface area contributed by atoms with Crippen LogP contribution in [0.25, 0.3) is 0 Å². The van der Waals surface area contributed by atoms with Gasteiger partial charge in [-0.2, -0.15) is 13.2 Å². The molecule has 1 rings (SSSR count). The normalized spacial score (nSPS) is 29.1. The molecule has 0 aromatic carbocycles. The van der Waals surface area contributed by atoms with Crippen LogP contribution in [-0.2, 0) is 4.74 Å². The first-order valence-corrected chi connectivity index (χ1v) is 4.70. The predicted octanol–water partition coefficient (Wildman–Crippen LogP) is 3.39. The van der Waals surface area contributed by atoms with Gasteiger partial charge in [0.1, 0.15) is 0 Å². The fourth-order valence-electron chi connectivity index (χ4n) is 1.35. The van der Waals surface area contributed by atoms with Gasteiger partial charge in [-0.25, -0.2) is 0 Å². The SMILES string of the molecule is CC.CC1OCCCC1C(F)(F)F. The third-order valence-electron chi connectivity index (χ3n) is 2.03. The molecule has 1 aliphatic rings. The molecule has 1 nitrogen and oxygen atoms in total. The quantitative estimate of drug-likeness (QED) is 0.579. The molecule has 1 saturated heterocycles. The second kappa shape index (κ2) is 5.47. The fraction of sp³-hybridized carbons (Fsp3) is 1.00. The topological polar surface area (TPSA) is 9.23 Å². The van der Waals surface area contributed by atoms with Crippen molar-refractivity contribution in [3.63, 3.8) is 0 Å². The molecule has 0 aromatic heterocycles. The van der Waals surface area contributed by atoms with Gasteiger partial charge in [-0.3, -0.25) is 0 Å². The van der Waals surface area contributed by atoms with Crippen molar-refractivity contribution in [2.75, 3.05) is 6.61 Å². The van der Waals surface area contributed by atoms with Crippen LogP contribution >= 0.6 is 0 Å². The first kappa shape index (κ1) is 12.8. The Kier molecular flexibility index (Phi) is 5.37. The van der Waals surface area contributed by atoms with E-state index in [1.165, 1.54) is 6.92 Å². The van der Waals surface area contributed by atoms with Gasteiger partial charge in [0.25, 0.3) is 0 Å². The van der Waals surface area contributed by atoms with E-state index >= 15 is 0 Å². The number of rotatable bonds is 0. The molecule has 4 heteroatoms. The van der Waals surface area contributed by atoms with Crippen molar-refractivity contribution in [3.05, 3.63) is 0 Å². The largest absolute Gasteiger partial charge is 0.394 e. The summed E-state index contributed by atoms with van der Waals surface area (Å²) in [4.78, 5) is 0. The van der Waals surface area contributed by atoms with Crippen LogP contribution in [0.5, 0.6) is 0 Å². The molecule has 0 bridgehead atoms. The average Bonchev–Trinajstić information content (AvgIpc) is 2.07.